The van der Waals surface area contributed by atoms with Gasteiger partial charge in [-0.15, -0.1) is 0 Å². The van der Waals surface area contributed by atoms with Gasteiger partial charge in [-0.2, -0.15) is 0 Å². The molecule has 274 valence electrons. The molecule has 0 aliphatic rings. The van der Waals surface area contributed by atoms with E-state index in [2.05, 4.69) is 20.8 Å². The highest BCUT2D eigenvalue weighted by atomic mass is 16.5. The van der Waals surface area contributed by atoms with Crippen molar-refractivity contribution in [2.45, 2.75) is 149 Å². The van der Waals surface area contributed by atoms with Crippen LogP contribution in [0.25, 0.3) is 0 Å². The SMILES string of the molecule is CCCCC(OC(=O)c1ccccc1C(=O)O)c1ccccc1.CCCCCCCCOC(=O)CCCCC(=O)OCCCCCCCC. The molecule has 0 aromatic heterocycles. The second-order valence-electron chi connectivity index (χ2n) is 12.5. The minimum absolute atomic E-state index is 0.0418. The number of unbranched alkanes of at least 4 members (excludes halogenated alkanes) is 12. The lowest BCUT2D eigenvalue weighted by atomic mass is 10.0. The zero-order chi connectivity index (χ0) is 36.0. The number of hydrogen-bond acceptors (Lipinski definition) is 7. The van der Waals surface area contributed by atoms with E-state index in [1.165, 1.54) is 63.5 Å². The monoisotopic (exact) mass is 682 g/mol. The Morgan fingerprint density at radius 1 is 0.551 bits per heavy atom. The molecule has 1 unspecified atom stereocenters. The molecule has 2 rings (SSSR count). The molecule has 2 aromatic rings. The van der Waals surface area contributed by atoms with Crippen LogP contribution < -0.4 is 0 Å². The summed E-state index contributed by atoms with van der Waals surface area (Å²) in [7, 11) is 0. The minimum Gasteiger partial charge on any atom is -0.478 e. The third kappa shape index (κ3) is 21.8. The number of aromatic carboxylic acids is 1. The summed E-state index contributed by atoms with van der Waals surface area (Å²) in [4.78, 5) is 46.9. The zero-order valence-electron chi connectivity index (χ0n) is 30.4. The van der Waals surface area contributed by atoms with Crippen LogP contribution in [-0.4, -0.2) is 42.2 Å². The van der Waals surface area contributed by atoms with Gasteiger partial charge in [0.25, 0.3) is 0 Å². The lowest BCUT2D eigenvalue weighted by Crippen LogP contribution is -2.15. The molecular formula is C41H62O8. The average Bonchev–Trinajstić information content (AvgIpc) is 3.11. The summed E-state index contributed by atoms with van der Waals surface area (Å²) in [5.74, 6) is -2.02. The molecule has 0 saturated carbocycles. The van der Waals surface area contributed by atoms with Crippen LogP contribution in [0.2, 0.25) is 0 Å². The molecular weight excluding hydrogens is 620 g/mol. The van der Waals surface area contributed by atoms with Crippen LogP contribution in [0.5, 0.6) is 0 Å². The fourth-order valence-electron chi connectivity index (χ4n) is 5.21. The lowest BCUT2D eigenvalue weighted by Gasteiger charge is -2.18. The van der Waals surface area contributed by atoms with Crippen molar-refractivity contribution in [2.24, 2.45) is 0 Å². The van der Waals surface area contributed by atoms with Crippen molar-refractivity contribution in [1.82, 2.24) is 0 Å². The Kier molecular flexibility index (Phi) is 25.9. The first-order chi connectivity index (χ1) is 23.8. The van der Waals surface area contributed by atoms with Crippen molar-refractivity contribution >= 4 is 23.9 Å². The maximum atomic E-state index is 12.4. The van der Waals surface area contributed by atoms with E-state index in [4.69, 9.17) is 14.2 Å². The first-order valence-electron chi connectivity index (χ1n) is 18.7. The summed E-state index contributed by atoms with van der Waals surface area (Å²) in [5.41, 5.74) is 0.958. The van der Waals surface area contributed by atoms with Gasteiger partial charge in [-0.05, 0) is 56.2 Å². The maximum Gasteiger partial charge on any atom is 0.339 e. The van der Waals surface area contributed by atoms with E-state index in [1.807, 2.05) is 30.3 Å². The first-order valence-corrected chi connectivity index (χ1v) is 18.7. The molecule has 0 spiro atoms. The van der Waals surface area contributed by atoms with Crippen molar-refractivity contribution in [3.63, 3.8) is 0 Å². The topological polar surface area (TPSA) is 116 Å². The van der Waals surface area contributed by atoms with E-state index in [9.17, 15) is 24.3 Å². The number of benzene rings is 2. The Morgan fingerprint density at radius 3 is 1.49 bits per heavy atom. The van der Waals surface area contributed by atoms with Crippen LogP contribution in [-0.2, 0) is 23.8 Å². The molecule has 0 fully saturated rings. The smallest absolute Gasteiger partial charge is 0.339 e. The largest absolute Gasteiger partial charge is 0.478 e. The number of carbonyl (C=O) groups is 4. The molecule has 1 atom stereocenters. The minimum atomic E-state index is -1.14. The highest BCUT2D eigenvalue weighted by Gasteiger charge is 2.22. The number of hydrogen-bond donors (Lipinski definition) is 1. The fourth-order valence-corrected chi connectivity index (χ4v) is 5.21. The van der Waals surface area contributed by atoms with Gasteiger partial charge < -0.3 is 19.3 Å². The molecule has 0 saturated heterocycles. The van der Waals surface area contributed by atoms with Crippen molar-refractivity contribution in [1.29, 1.82) is 0 Å². The molecule has 0 amide bonds. The van der Waals surface area contributed by atoms with Crippen LogP contribution in [0.3, 0.4) is 0 Å². The second kappa shape index (κ2) is 29.3. The zero-order valence-corrected chi connectivity index (χ0v) is 30.4. The van der Waals surface area contributed by atoms with Gasteiger partial charge in [0.2, 0.25) is 0 Å². The van der Waals surface area contributed by atoms with Gasteiger partial charge in [0.05, 0.1) is 24.3 Å². The number of carboxylic acid groups (broad SMARTS) is 1. The van der Waals surface area contributed by atoms with Crippen molar-refractivity contribution in [2.75, 3.05) is 13.2 Å². The number of ether oxygens (including phenoxy) is 3. The van der Waals surface area contributed by atoms with E-state index >= 15 is 0 Å². The molecule has 0 heterocycles. The normalized spacial score (nSPS) is 11.2. The molecule has 8 heteroatoms. The van der Waals surface area contributed by atoms with Crippen molar-refractivity contribution in [3.8, 4) is 0 Å². The van der Waals surface area contributed by atoms with Gasteiger partial charge in [-0.25, -0.2) is 9.59 Å². The molecule has 2 aromatic carbocycles. The van der Waals surface area contributed by atoms with Crippen LogP contribution in [0.1, 0.15) is 175 Å². The van der Waals surface area contributed by atoms with Gasteiger partial charge in [-0.1, -0.05) is 134 Å². The Morgan fingerprint density at radius 2 is 1.00 bits per heavy atom. The van der Waals surface area contributed by atoms with Crippen LogP contribution in [0.15, 0.2) is 54.6 Å². The number of esters is 3. The summed E-state index contributed by atoms with van der Waals surface area (Å²) in [6.07, 6.45) is 18.7. The van der Waals surface area contributed by atoms with Gasteiger partial charge in [0.15, 0.2) is 0 Å². The van der Waals surface area contributed by atoms with Crippen molar-refractivity contribution in [3.05, 3.63) is 71.3 Å². The Hall–Kier alpha value is -3.68. The van der Waals surface area contributed by atoms with E-state index in [0.29, 0.717) is 45.3 Å². The van der Waals surface area contributed by atoms with Gasteiger partial charge in [-0.3, -0.25) is 9.59 Å². The lowest BCUT2D eigenvalue weighted by molar-refractivity contribution is -0.146. The molecule has 0 aliphatic heterocycles. The van der Waals surface area contributed by atoms with E-state index in [1.54, 1.807) is 12.1 Å². The molecule has 8 nitrogen and oxygen atoms in total. The van der Waals surface area contributed by atoms with Crippen LogP contribution >= 0.6 is 0 Å². The first kappa shape index (κ1) is 43.3. The Bertz CT molecular complexity index is 1130. The third-order valence-corrected chi connectivity index (χ3v) is 8.15. The third-order valence-electron chi connectivity index (χ3n) is 8.15. The predicted molar refractivity (Wildman–Crippen MR) is 195 cm³/mol. The summed E-state index contributed by atoms with van der Waals surface area (Å²) < 4.78 is 16.1. The summed E-state index contributed by atoms with van der Waals surface area (Å²) in [6, 6.07) is 15.6. The quantitative estimate of drug-likeness (QED) is 0.0592. The second-order valence-corrected chi connectivity index (χ2v) is 12.5. The van der Waals surface area contributed by atoms with E-state index in [-0.39, 0.29) is 29.2 Å². The van der Waals surface area contributed by atoms with Crippen LogP contribution in [0, 0.1) is 0 Å². The van der Waals surface area contributed by atoms with E-state index in [0.717, 1.165) is 44.1 Å². The number of carboxylic acids is 1. The van der Waals surface area contributed by atoms with Crippen LogP contribution in [0.4, 0.5) is 0 Å². The average molecular weight is 683 g/mol. The van der Waals surface area contributed by atoms with Gasteiger partial charge in [0.1, 0.15) is 6.10 Å². The molecule has 0 bridgehead atoms. The maximum absolute atomic E-state index is 12.4. The highest BCUT2D eigenvalue weighted by molar-refractivity contribution is 6.02. The standard InChI is InChI=1S/C22H42O4.C19H20O4/c1-3-5-7-9-11-15-19-25-21(23)17-13-14-18-22(24)26-20-16-12-10-8-6-4-2;1-2-3-13-17(14-9-5-4-6-10-14)23-19(22)16-12-8-7-11-15(16)18(20)21/h3-20H2,1-2H3;4-12,17H,2-3,13H2,1H3,(H,20,21). The number of rotatable bonds is 26. The van der Waals surface area contributed by atoms with E-state index < -0.39 is 11.9 Å². The van der Waals surface area contributed by atoms with Gasteiger partial charge >= 0.3 is 23.9 Å². The Balaban J connectivity index is 0.000000492. The summed E-state index contributed by atoms with van der Waals surface area (Å²) in [5, 5.41) is 9.20. The predicted octanol–water partition coefficient (Wildman–Crippen LogP) is 10.8. The number of carbonyl (C=O) groups excluding carboxylic acids is 3. The van der Waals surface area contributed by atoms with Gasteiger partial charge in [0, 0.05) is 12.8 Å². The molecule has 0 aliphatic carbocycles. The molecule has 1 N–H and O–H groups in total. The van der Waals surface area contributed by atoms with Crippen molar-refractivity contribution < 1.29 is 38.5 Å². The fraction of sp³-hybridized carbons (Fsp3) is 0.610. The molecule has 0 radical (unpaired) electrons. The highest BCUT2D eigenvalue weighted by Crippen LogP contribution is 2.25. The summed E-state index contributed by atoms with van der Waals surface area (Å²) in [6.45, 7) is 7.55. The summed E-state index contributed by atoms with van der Waals surface area (Å²) >= 11 is 0. The molecule has 49 heavy (non-hydrogen) atoms. The Labute approximate surface area is 295 Å².